The van der Waals surface area contributed by atoms with Crippen LogP contribution >= 0.6 is 0 Å². The van der Waals surface area contributed by atoms with E-state index in [1.54, 1.807) is 12.1 Å². The predicted molar refractivity (Wildman–Crippen MR) is 72.7 cm³/mol. The first-order chi connectivity index (χ1) is 9.56. The highest BCUT2D eigenvalue weighted by Gasteiger charge is 2.27. The Labute approximate surface area is 117 Å². The Balaban J connectivity index is 1.72. The Hall–Kier alpha value is -1.95. The minimum absolute atomic E-state index is 0.0873. The summed E-state index contributed by atoms with van der Waals surface area (Å²) in [5, 5.41) is 5.72. The number of nitrogens with one attached hydrogen (secondary N) is 2. The van der Waals surface area contributed by atoms with Gasteiger partial charge in [0.25, 0.3) is 0 Å². The Morgan fingerprint density at radius 1 is 1.35 bits per heavy atom. The van der Waals surface area contributed by atoms with Crippen molar-refractivity contribution in [3.05, 3.63) is 35.6 Å². The molecule has 1 fully saturated rings. The smallest absolute Gasteiger partial charge is 0.324 e. The minimum atomic E-state index is -0.331. The van der Waals surface area contributed by atoms with Crippen molar-refractivity contribution in [2.75, 3.05) is 19.6 Å². The van der Waals surface area contributed by atoms with E-state index in [9.17, 15) is 14.0 Å². The van der Waals surface area contributed by atoms with E-state index in [0.29, 0.717) is 13.1 Å². The summed E-state index contributed by atoms with van der Waals surface area (Å²) in [4.78, 5) is 23.9. The fraction of sp³-hybridized carbons (Fsp3) is 0.429. The highest BCUT2D eigenvalue weighted by molar-refractivity contribution is 6.01. The summed E-state index contributed by atoms with van der Waals surface area (Å²) in [6, 6.07) is 6.24. The first-order valence-corrected chi connectivity index (χ1v) is 6.62. The van der Waals surface area contributed by atoms with Gasteiger partial charge in [-0.1, -0.05) is 12.1 Å². The molecule has 0 unspecified atom stereocenters. The van der Waals surface area contributed by atoms with Crippen LogP contribution in [0.2, 0.25) is 0 Å². The summed E-state index contributed by atoms with van der Waals surface area (Å²) in [6.45, 7) is 3.00. The van der Waals surface area contributed by atoms with Crippen LogP contribution in [0.25, 0.3) is 0 Å². The van der Waals surface area contributed by atoms with Gasteiger partial charge in [0.2, 0.25) is 5.91 Å². The van der Waals surface area contributed by atoms with Crippen molar-refractivity contribution in [1.82, 2.24) is 15.5 Å². The molecule has 1 saturated heterocycles. The molecule has 0 bridgehead atoms. The molecule has 1 aromatic carbocycles. The van der Waals surface area contributed by atoms with Crippen molar-refractivity contribution in [2.24, 2.45) is 0 Å². The monoisotopic (exact) mass is 279 g/mol. The normalized spacial score (nSPS) is 16.4. The summed E-state index contributed by atoms with van der Waals surface area (Å²) in [7, 11) is 0. The van der Waals surface area contributed by atoms with E-state index in [2.05, 4.69) is 10.6 Å². The van der Waals surface area contributed by atoms with Crippen LogP contribution in [0.5, 0.6) is 0 Å². The number of amides is 3. The van der Waals surface area contributed by atoms with Gasteiger partial charge in [-0.2, -0.15) is 0 Å². The molecule has 1 aliphatic rings. The van der Waals surface area contributed by atoms with Crippen LogP contribution in [-0.2, 0) is 11.2 Å². The third-order valence-electron chi connectivity index (χ3n) is 3.22. The minimum Gasteiger partial charge on any atom is -0.329 e. The number of carbonyl (C=O) groups excluding carboxylic acids is 2. The Morgan fingerprint density at radius 2 is 2.05 bits per heavy atom. The lowest BCUT2D eigenvalue weighted by molar-refractivity contribution is -0.124. The number of imide groups is 1. The SMILES string of the molecule is C[C@@H](Cc1ccc(F)cc1)NCCN1C(=O)CNC1=O. The number of hydrogen-bond acceptors (Lipinski definition) is 3. The summed E-state index contributed by atoms with van der Waals surface area (Å²) in [6.07, 6.45) is 0.764. The van der Waals surface area contributed by atoms with Crippen molar-refractivity contribution in [2.45, 2.75) is 19.4 Å². The Bertz CT molecular complexity index is 474. The standard InChI is InChI=1S/C14H18FN3O2/c1-10(8-11-2-4-12(15)5-3-11)16-6-7-18-13(19)9-17-14(18)20/h2-5,10,16H,6-9H2,1H3,(H,17,20)/t10-/m0/s1. The number of urea groups is 1. The summed E-state index contributed by atoms with van der Waals surface area (Å²) in [5.74, 6) is -0.434. The van der Waals surface area contributed by atoms with Gasteiger partial charge in [-0.3, -0.25) is 9.69 Å². The molecule has 0 aliphatic carbocycles. The third kappa shape index (κ3) is 3.77. The van der Waals surface area contributed by atoms with Gasteiger partial charge >= 0.3 is 6.03 Å². The van der Waals surface area contributed by atoms with Crippen LogP contribution in [0.3, 0.4) is 0 Å². The molecule has 1 aromatic rings. The Kier molecular flexibility index (Phi) is 4.68. The number of carbonyl (C=O) groups is 2. The molecule has 20 heavy (non-hydrogen) atoms. The zero-order chi connectivity index (χ0) is 14.5. The second-order valence-corrected chi connectivity index (χ2v) is 4.89. The lowest BCUT2D eigenvalue weighted by atomic mass is 10.1. The highest BCUT2D eigenvalue weighted by Crippen LogP contribution is 2.05. The van der Waals surface area contributed by atoms with E-state index in [1.165, 1.54) is 17.0 Å². The molecule has 5 nitrogen and oxygen atoms in total. The Morgan fingerprint density at radius 3 is 2.65 bits per heavy atom. The first-order valence-electron chi connectivity index (χ1n) is 6.62. The quantitative estimate of drug-likeness (QED) is 0.761. The van der Waals surface area contributed by atoms with Gasteiger partial charge in [-0.05, 0) is 31.0 Å². The molecule has 1 aliphatic heterocycles. The third-order valence-corrected chi connectivity index (χ3v) is 3.22. The summed E-state index contributed by atoms with van der Waals surface area (Å²) < 4.78 is 12.8. The molecule has 3 amide bonds. The van der Waals surface area contributed by atoms with Crippen molar-refractivity contribution < 1.29 is 14.0 Å². The molecule has 6 heteroatoms. The maximum Gasteiger partial charge on any atom is 0.324 e. The topological polar surface area (TPSA) is 61.4 Å². The molecular formula is C14H18FN3O2. The molecule has 0 aromatic heterocycles. The van der Waals surface area contributed by atoms with Crippen LogP contribution in [0.15, 0.2) is 24.3 Å². The van der Waals surface area contributed by atoms with E-state index in [-0.39, 0.29) is 30.3 Å². The largest absolute Gasteiger partial charge is 0.329 e. The number of benzene rings is 1. The van der Waals surface area contributed by atoms with Gasteiger partial charge in [-0.25, -0.2) is 9.18 Å². The lowest BCUT2D eigenvalue weighted by Gasteiger charge is -2.17. The van der Waals surface area contributed by atoms with Crippen LogP contribution in [0, 0.1) is 5.82 Å². The molecule has 2 rings (SSSR count). The van der Waals surface area contributed by atoms with Crippen molar-refractivity contribution in [1.29, 1.82) is 0 Å². The van der Waals surface area contributed by atoms with Crippen molar-refractivity contribution in [3.63, 3.8) is 0 Å². The first kappa shape index (κ1) is 14.5. The van der Waals surface area contributed by atoms with Crippen LogP contribution in [0.4, 0.5) is 9.18 Å². The molecule has 0 radical (unpaired) electrons. The van der Waals surface area contributed by atoms with Gasteiger partial charge in [0.1, 0.15) is 5.82 Å². The fourth-order valence-corrected chi connectivity index (χ4v) is 2.15. The molecule has 2 N–H and O–H groups in total. The molecule has 108 valence electrons. The number of halogens is 1. The average Bonchev–Trinajstić information content (AvgIpc) is 2.73. The van der Waals surface area contributed by atoms with Gasteiger partial charge in [0.05, 0.1) is 6.54 Å². The van der Waals surface area contributed by atoms with Crippen molar-refractivity contribution in [3.8, 4) is 0 Å². The predicted octanol–water partition coefficient (Wildman–Crippen LogP) is 0.898. The second kappa shape index (κ2) is 6.47. The molecule has 1 atom stereocenters. The van der Waals surface area contributed by atoms with E-state index in [1.807, 2.05) is 6.92 Å². The van der Waals surface area contributed by atoms with E-state index >= 15 is 0 Å². The van der Waals surface area contributed by atoms with Crippen molar-refractivity contribution >= 4 is 11.9 Å². The molecular weight excluding hydrogens is 261 g/mol. The lowest BCUT2D eigenvalue weighted by Crippen LogP contribution is -2.39. The van der Waals surface area contributed by atoms with Gasteiger partial charge in [0, 0.05) is 19.1 Å². The molecule has 1 heterocycles. The van der Waals surface area contributed by atoms with E-state index in [0.717, 1.165) is 12.0 Å². The summed E-state index contributed by atoms with van der Waals surface area (Å²) >= 11 is 0. The van der Waals surface area contributed by atoms with E-state index in [4.69, 9.17) is 0 Å². The van der Waals surface area contributed by atoms with E-state index < -0.39 is 0 Å². The number of nitrogens with zero attached hydrogens (tertiary/aromatic N) is 1. The van der Waals surface area contributed by atoms with Crippen LogP contribution in [0.1, 0.15) is 12.5 Å². The van der Waals surface area contributed by atoms with Gasteiger partial charge in [-0.15, -0.1) is 0 Å². The number of hydrogen-bond donors (Lipinski definition) is 2. The van der Waals surface area contributed by atoms with Crippen LogP contribution < -0.4 is 10.6 Å². The molecule has 0 spiro atoms. The van der Waals surface area contributed by atoms with Gasteiger partial charge in [0.15, 0.2) is 0 Å². The molecule has 0 saturated carbocycles. The van der Waals surface area contributed by atoms with Gasteiger partial charge < -0.3 is 10.6 Å². The zero-order valence-electron chi connectivity index (χ0n) is 11.4. The second-order valence-electron chi connectivity index (χ2n) is 4.89. The van der Waals surface area contributed by atoms with Crippen LogP contribution in [-0.4, -0.2) is 42.5 Å². The maximum atomic E-state index is 12.8. The average molecular weight is 279 g/mol. The number of rotatable bonds is 6. The fourth-order valence-electron chi connectivity index (χ4n) is 2.15. The summed E-state index contributed by atoms with van der Waals surface area (Å²) in [5.41, 5.74) is 1.04. The maximum absolute atomic E-state index is 12.8. The highest BCUT2D eigenvalue weighted by atomic mass is 19.1. The zero-order valence-corrected chi connectivity index (χ0v) is 11.4.